The molecule has 0 unspecified atom stereocenters. The number of nitrogen functional groups attached to an aromatic ring is 2. The molecule has 1 aliphatic carbocycles. The van der Waals surface area contributed by atoms with E-state index >= 15 is 0 Å². The number of hydrogen-bond acceptors (Lipinski definition) is 4. The Morgan fingerprint density at radius 2 is 1.48 bits per heavy atom. The first-order valence-corrected chi connectivity index (χ1v) is 11.4. The summed E-state index contributed by atoms with van der Waals surface area (Å²) in [7, 11) is 0. The molecule has 1 amide bonds. The summed E-state index contributed by atoms with van der Waals surface area (Å²) in [5.41, 5.74) is 15.2. The zero-order valence-corrected chi connectivity index (χ0v) is 19.1. The van der Waals surface area contributed by atoms with E-state index in [0.29, 0.717) is 0 Å². The lowest BCUT2D eigenvalue weighted by Crippen LogP contribution is -2.36. The molecule has 0 spiro atoms. The van der Waals surface area contributed by atoms with Crippen molar-refractivity contribution in [2.45, 2.75) is 76.9 Å². The third-order valence-corrected chi connectivity index (χ3v) is 5.91. The van der Waals surface area contributed by atoms with Crippen molar-refractivity contribution in [3.63, 3.8) is 0 Å². The number of carbonyl (C=O) groups is 1. The van der Waals surface area contributed by atoms with E-state index in [4.69, 9.17) is 16.2 Å². The van der Waals surface area contributed by atoms with Gasteiger partial charge in [-0.25, -0.2) is 4.79 Å². The third kappa shape index (κ3) is 6.65. The van der Waals surface area contributed by atoms with Gasteiger partial charge in [0.25, 0.3) is 0 Å². The average Bonchev–Trinajstić information content (AvgIpc) is 3.39. The maximum absolute atomic E-state index is 12.2. The standard InChI is InChI=1S/C15H22N2O2.C11H15N/c1-15(2,3)19-14(18)17-9-5-8-13(17)11-6-4-7-12(16)10-11;12-11-7-3-6-10(8-11)9-4-1-2-5-9/h4,6-7,10,13H,5,8-9,16H2,1-3H3;3,6-9H,1-2,4-5,12H2/t13-;/m0./s1. The minimum Gasteiger partial charge on any atom is -0.444 e. The molecule has 0 radical (unpaired) electrons. The summed E-state index contributed by atoms with van der Waals surface area (Å²) in [6.07, 6.45) is 7.20. The highest BCUT2D eigenvalue weighted by molar-refractivity contribution is 5.69. The molecular weight excluding hydrogens is 386 g/mol. The number of carbonyl (C=O) groups excluding carboxylic acids is 1. The van der Waals surface area contributed by atoms with E-state index in [1.807, 2.05) is 51.1 Å². The first kappa shape index (κ1) is 23.0. The second-order valence-electron chi connectivity index (χ2n) is 9.65. The second kappa shape index (κ2) is 10.1. The van der Waals surface area contributed by atoms with Crippen LogP contribution in [-0.2, 0) is 4.74 Å². The van der Waals surface area contributed by atoms with Crippen LogP contribution < -0.4 is 11.5 Å². The Kier molecular flexibility index (Phi) is 7.47. The quantitative estimate of drug-likeness (QED) is 0.558. The molecule has 5 nitrogen and oxygen atoms in total. The summed E-state index contributed by atoms with van der Waals surface area (Å²) < 4.78 is 5.46. The van der Waals surface area contributed by atoms with Crippen molar-refractivity contribution >= 4 is 17.5 Å². The van der Waals surface area contributed by atoms with Crippen LogP contribution in [0.25, 0.3) is 0 Å². The van der Waals surface area contributed by atoms with E-state index in [1.54, 1.807) is 4.90 Å². The van der Waals surface area contributed by atoms with Gasteiger partial charge in [0.15, 0.2) is 0 Å². The Morgan fingerprint density at radius 3 is 2.06 bits per heavy atom. The molecule has 168 valence electrons. The SMILES string of the molecule is CC(C)(C)OC(=O)N1CCC[C@H]1c1cccc(N)c1.Nc1cccc(C2CCCC2)c1. The van der Waals surface area contributed by atoms with Gasteiger partial charge < -0.3 is 21.1 Å². The van der Waals surface area contributed by atoms with E-state index < -0.39 is 5.60 Å². The molecule has 4 N–H and O–H groups in total. The number of hydrogen-bond donors (Lipinski definition) is 2. The molecule has 1 atom stereocenters. The van der Waals surface area contributed by atoms with Crippen molar-refractivity contribution in [1.29, 1.82) is 0 Å². The number of nitrogens with two attached hydrogens (primary N) is 2. The molecule has 2 aromatic rings. The van der Waals surface area contributed by atoms with Gasteiger partial charge in [-0.15, -0.1) is 0 Å². The van der Waals surface area contributed by atoms with Crippen LogP contribution in [0.2, 0.25) is 0 Å². The van der Waals surface area contributed by atoms with Gasteiger partial charge in [0, 0.05) is 17.9 Å². The summed E-state index contributed by atoms with van der Waals surface area (Å²) in [4.78, 5) is 14.0. The molecule has 4 rings (SSSR count). The molecule has 2 fully saturated rings. The van der Waals surface area contributed by atoms with Gasteiger partial charge in [-0.2, -0.15) is 0 Å². The lowest BCUT2D eigenvalue weighted by atomic mass is 9.97. The van der Waals surface area contributed by atoms with Crippen LogP contribution in [0.15, 0.2) is 48.5 Å². The number of rotatable bonds is 2. The van der Waals surface area contributed by atoms with Crippen molar-refractivity contribution < 1.29 is 9.53 Å². The van der Waals surface area contributed by atoms with Crippen molar-refractivity contribution in [1.82, 2.24) is 4.90 Å². The van der Waals surface area contributed by atoms with Crippen LogP contribution in [0, 0.1) is 0 Å². The smallest absolute Gasteiger partial charge is 0.410 e. The zero-order valence-electron chi connectivity index (χ0n) is 19.1. The molecule has 0 aromatic heterocycles. The first-order valence-electron chi connectivity index (χ1n) is 11.4. The summed E-state index contributed by atoms with van der Waals surface area (Å²) in [5.74, 6) is 0.786. The predicted molar refractivity (Wildman–Crippen MR) is 128 cm³/mol. The highest BCUT2D eigenvalue weighted by atomic mass is 16.6. The summed E-state index contributed by atoms with van der Waals surface area (Å²) in [5, 5.41) is 0. The summed E-state index contributed by atoms with van der Waals surface area (Å²) >= 11 is 0. The fourth-order valence-corrected chi connectivity index (χ4v) is 4.49. The maximum Gasteiger partial charge on any atom is 0.410 e. The Bertz CT molecular complexity index is 869. The molecule has 1 saturated heterocycles. The number of anilines is 2. The molecular formula is C26H37N3O2. The predicted octanol–water partition coefficient (Wildman–Crippen LogP) is 6.27. The van der Waals surface area contributed by atoms with Crippen LogP contribution in [0.5, 0.6) is 0 Å². The monoisotopic (exact) mass is 423 g/mol. The maximum atomic E-state index is 12.2. The van der Waals surface area contributed by atoms with Crippen LogP contribution >= 0.6 is 0 Å². The van der Waals surface area contributed by atoms with Gasteiger partial charge >= 0.3 is 6.09 Å². The first-order chi connectivity index (χ1) is 14.7. The largest absolute Gasteiger partial charge is 0.444 e. The normalized spacial score (nSPS) is 19.1. The molecule has 1 saturated carbocycles. The molecule has 0 bridgehead atoms. The Labute approximate surface area is 186 Å². The third-order valence-electron chi connectivity index (χ3n) is 5.91. The van der Waals surface area contributed by atoms with Crippen LogP contribution in [-0.4, -0.2) is 23.1 Å². The molecule has 2 aromatic carbocycles. The van der Waals surface area contributed by atoms with Crippen LogP contribution in [0.3, 0.4) is 0 Å². The van der Waals surface area contributed by atoms with Gasteiger partial charge in [0.1, 0.15) is 5.60 Å². The number of amides is 1. The zero-order chi connectivity index (χ0) is 22.4. The number of ether oxygens (including phenoxy) is 1. The summed E-state index contributed by atoms with van der Waals surface area (Å²) in [6, 6.07) is 16.2. The Balaban J connectivity index is 0.000000194. The lowest BCUT2D eigenvalue weighted by molar-refractivity contribution is 0.0224. The average molecular weight is 424 g/mol. The van der Waals surface area contributed by atoms with E-state index in [1.165, 1.54) is 31.2 Å². The van der Waals surface area contributed by atoms with Gasteiger partial charge in [-0.3, -0.25) is 0 Å². The highest BCUT2D eigenvalue weighted by Gasteiger charge is 2.33. The molecule has 31 heavy (non-hydrogen) atoms. The van der Waals surface area contributed by atoms with E-state index in [9.17, 15) is 4.79 Å². The Morgan fingerprint density at radius 1 is 0.903 bits per heavy atom. The molecule has 1 heterocycles. The van der Waals surface area contributed by atoms with Crippen molar-refractivity contribution in [3.8, 4) is 0 Å². The fourth-order valence-electron chi connectivity index (χ4n) is 4.49. The van der Waals surface area contributed by atoms with Gasteiger partial charge in [-0.05, 0) is 87.8 Å². The van der Waals surface area contributed by atoms with Crippen LogP contribution in [0.4, 0.5) is 16.2 Å². The lowest BCUT2D eigenvalue weighted by Gasteiger charge is -2.29. The minimum absolute atomic E-state index is 0.0818. The van der Waals surface area contributed by atoms with E-state index in [0.717, 1.165) is 42.2 Å². The fraction of sp³-hybridized carbons (Fsp3) is 0.500. The molecule has 5 heteroatoms. The van der Waals surface area contributed by atoms with Crippen LogP contribution in [0.1, 0.15) is 82.4 Å². The number of likely N-dealkylation sites (tertiary alicyclic amines) is 1. The van der Waals surface area contributed by atoms with Crippen molar-refractivity contribution in [2.24, 2.45) is 0 Å². The summed E-state index contributed by atoms with van der Waals surface area (Å²) in [6.45, 7) is 6.40. The van der Waals surface area contributed by atoms with Crippen molar-refractivity contribution in [3.05, 3.63) is 59.7 Å². The van der Waals surface area contributed by atoms with Gasteiger partial charge in [0.05, 0.1) is 6.04 Å². The van der Waals surface area contributed by atoms with E-state index in [2.05, 4.69) is 18.2 Å². The van der Waals surface area contributed by atoms with Gasteiger partial charge in [-0.1, -0.05) is 37.1 Å². The number of benzene rings is 2. The van der Waals surface area contributed by atoms with Gasteiger partial charge in [0.2, 0.25) is 0 Å². The Hall–Kier alpha value is -2.69. The minimum atomic E-state index is -0.458. The van der Waals surface area contributed by atoms with E-state index in [-0.39, 0.29) is 12.1 Å². The molecule has 1 aliphatic heterocycles. The van der Waals surface area contributed by atoms with Crippen molar-refractivity contribution in [2.75, 3.05) is 18.0 Å². The number of nitrogens with zero attached hydrogens (tertiary/aromatic N) is 1. The topological polar surface area (TPSA) is 81.6 Å². The second-order valence-corrected chi connectivity index (χ2v) is 9.65. The molecule has 2 aliphatic rings. The highest BCUT2D eigenvalue weighted by Crippen LogP contribution is 2.35.